The number of carbonyl (C=O) groups excluding carboxylic acids is 1. The number of unbranched alkanes of at least 4 members (excludes halogenated alkanes) is 2. The average molecular weight is 189 g/mol. The van der Waals surface area contributed by atoms with Crippen LogP contribution in [-0.2, 0) is 9.53 Å². The quantitative estimate of drug-likeness (QED) is 0.482. The van der Waals surface area contributed by atoms with Crippen molar-refractivity contribution in [2.45, 2.75) is 26.2 Å². The third-order valence-electron chi connectivity index (χ3n) is 1.40. The van der Waals surface area contributed by atoms with Crippen LogP contribution in [0.1, 0.15) is 26.2 Å². The molecular formula is C8H15NO4. The first kappa shape index (κ1) is 11.7. The second kappa shape index (κ2) is 7.39. The van der Waals surface area contributed by atoms with Crippen LogP contribution in [0, 0.1) is 0 Å². The van der Waals surface area contributed by atoms with Gasteiger partial charge < -0.3 is 15.2 Å². The summed E-state index contributed by atoms with van der Waals surface area (Å²) in [5.41, 5.74) is 0. The molecule has 0 saturated heterocycles. The first-order valence-electron chi connectivity index (χ1n) is 4.23. The number of carboxylic acid groups (broad SMARTS) is 1. The SMILES string of the molecule is CC(=O)OCCCCCNC(=O)O. The molecule has 0 unspecified atom stereocenters. The van der Waals surface area contributed by atoms with Crippen molar-refractivity contribution < 1.29 is 19.4 Å². The molecule has 0 saturated carbocycles. The summed E-state index contributed by atoms with van der Waals surface area (Å²) in [6.45, 7) is 2.24. The molecule has 0 aliphatic carbocycles. The topological polar surface area (TPSA) is 75.6 Å². The Hall–Kier alpha value is -1.26. The molecule has 76 valence electrons. The molecular weight excluding hydrogens is 174 g/mol. The van der Waals surface area contributed by atoms with E-state index in [0.29, 0.717) is 13.2 Å². The van der Waals surface area contributed by atoms with Gasteiger partial charge in [0.15, 0.2) is 0 Å². The molecule has 0 bridgehead atoms. The summed E-state index contributed by atoms with van der Waals surface area (Å²) in [4.78, 5) is 20.3. The van der Waals surface area contributed by atoms with E-state index in [1.165, 1.54) is 6.92 Å². The average Bonchev–Trinajstić information content (AvgIpc) is 2.01. The van der Waals surface area contributed by atoms with Crippen molar-refractivity contribution in [3.05, 3.63) is 0 Å². The highest BCUT2D eigenvalue weighted by Crippen LogP contribution is 1.94. The molecule has 0 aromatic rings. The maximum absolute atomic E-state index is 10.3. The van der Waals surface area contributed by atoms with E-state index in [2.05, 4.69) is 5.32 Å². The lowest BCUT2D eigenvalue weighted by Crippen LogP contribution is -2.21. The number of hydrogen-bond donors (Lipinski definition) is 2. The Labute approximate surface area is 77.1 Å². The van der Waals surface area contributed by atoms with Crippen LogP contribution in [0.2, 0.25) is 0 Å². The van der Waals surface area contributed by atoms with Crippen LogP contribution in [0.4, 0.5) is 4.79 Å². The van der Waals surface area contributed by atoms with Gasteiger partial charge in [-0.1, -0.05) is 0 Å². The maximum atomic E-state index is 10.3. The Bertz CT molecular complexity index is 152. The van der Waals surface area contributed by atoms with E-state index < -0.39 is 6.09 Å². The lowest BCUT2D eigenvalue weighted by molar-refractivity contribution is -0.141. The Balaban J connectivity index is 3.00. The molecule has 0 spiro atoms. The third-order valence-corrected chi connectivity index (χ3v) is 1.40. The molecule has 0 atom stereocenters. The summed E-state index contributed by atoms with van der Waals surface area (Å²) < 4.78 is 4.69. The summed E-state index contributed by atoms with van der Waals surface area (Å²) in [6.07, 6.45) is 1.40. The Kier molecular flexibility index (Phi) is 6.68. The Morgan fingerprint density at radius 1 is 1.31 bits per heavy atom. The van der Waals surface area contributed by atoms with Gasteiger partial charge in [0, 0.05) is 13.5 Å². The van der Waals surface area contributed by atoms with Gasteiger partial charge in [-0.25, -0.2) is 4.79 Å². The zero-order chi connectivity index (χ0) is 10.1. The van der Waals surface area contributed by atoms with Gasteiger partial charge in [0.05, 0.1) is 6.61 Å². The van der Waals surface area contributed by atoms with Crippen molar-refractivity contribution in [3.63, 3.8) is 0 Å². The van der Waals surface area contributed by atoms with Gasteiger partial charge in [0.1, 0.15) is 0 Å². The number of hydrogen-bond acceptors (Lipinski definition) is 3. The largest absolute Gasteiger partial charge is 0.466 e. The van der Waals surface area contributed by atoms with Crippen molar-refractivity contribution in [2.75, 3.05) is 13.2 Å². The summed E-state index contributed by atoms with van der Waals surface area (Å²) in [5, 5.41) is 10.5. The highest BCUT2D eigenvalue weighted by atomic mass is 16.5. The fourth-order valence-electron chi connectivity index (χ4n) is 0.815. The fraction of sp³-hybridized carbons (Fsp3) is 0.750. The first-order valence-corrected chi connectivity index (χ1v) is 4.23. The van der Waals surface area contributed by atoms with Gasteiger partial charge in [-0.2, -0.15) is 0 Å². The first-order chi connectivity index (χ1) is 6.13. The Morgan fingerprint density at radius 3 is 2.54 bits per heavy atom. The van der Waals surface area contributed by atoms with E-state index in [-0.39, 0.29) is 5.97 Å². The van der Waals surface area contributed by atoms with E-state index in [1.54, 1.807) is 0 Å². The van der Waals surface area contributed by atoms with Gasteiger partial charge >= 0.3 is 12.1 Å². The molecule has 13 heavy (non-hydrogen) atoms. The Morgan fingerprint density at radius 2 is 2.00 bits per heavy atom. The predicted octanol–water partition coefficient (Wildman–Crippen LogP) is 0.987. The molecule has 0 fully saturated rings. The molecule has 0 radical (unpaired) electrons. The van der Waals surface area contributed by atoms with Gasteiger partial charge in [-0.15, -0.1) is 0 Å². The normalized spacial score (nSPS) is 9.31. The standard InChI is InChI=1S/C8H15NO4/c1-7(10)13-6-4-2-3-5-9-8(11)12/h9H,2-6H2,1H3,(H,11,12). The van der Waals surface area contributed by atoms with Crippen LogP contribution in [0.3, 0.4) is 0 Å². The van der Waals surface area contributed by atoms with E-state index in [4.69, 9.17) is 9.84 Å². The highest BCUT2D eigenvalue weighted by Gasteiger charge is 1.95. The number of amides is 1. The lowest BCUT2D eigenvalue weighted by Gasteiger charge is -2.01. The van der Waals surface area contributed by atoms with Gasteiger partial charge in [-0.05, 0) is 19.3 Å². The third kappa shape index (κ3) is 10.7. The van der Waals surface area contributed by atoms with Crippen LogP contribution in [0.25, 0.3) is 0 Å². The molecule has 0 aromatic carbocycles. The zero-order valence-corrected chi connectivity index (χ0v) is 7.71. The van der Waals surface area contributed by atoms with Crippen LogP contribution >= 0.6 is 0 Å². The zero-order valence-electron chi connectivity index (χ0n) is 7.71. The molecule has 0 rings (SSSR count). The van der Waals surface area contributed by atoms with Crippen LogP contribution in [0.5, 0.6) is 0 Å². The minimum atomic E-state index is -1.00. The van der Waals surface area contributed by atoms with Gasteiger partial charge in [0.25, 0.3) is 0 Å². The van der Waals surface area contributed by atoms with E-state index in [9.17, 15) is 9.59 Å². The van der Waals surface area contributed by atoms with Crippen LogP contribution in [0.15, 0.2) is 0 Å². The summed E-state index contributed by atoms with van der Waals surface area (Å²) in [6, 6.07) is 0. The monoisotopic (exact) mass is 189 g/mol. The highest BCUT2D eigenvalue weighted by molar-refractivity contribution is 5.65. The van der Waals surface area contributed by atoms with Gasteiger partial charge in [0.2, 0.25) is 0 Å². The summed E-state index contributed by atoms with van der Waals surface area (Å²) >= 11 is 0. The minimum absolute atomic E-state index is 0.274. The number of esters is 1. The number of ether oxygens (including phenoxy) is 1. The van der Waals surface area contributed by atoms with E-state index in [0.717, 1.165) is 19.3 Å². The van der Waals surface area contributed by atoms with Crippen molar-refractivity contribution in [1.29, 1.82) is 0 Å². The minimum Gasteiger partial charge on any atom is -0.466 e. The smallest absolute Gasteiger partial charge is 0.404 e. The van der Waals surface area contributed by atoms with Crippen molar-refractivity contribution >= 4 is 12.1 Å². The molecule has 5 nitrogen and oxygen atoms in total. The molecule has 0 aromatic heterocycles. The van der Waals surface area contributed by atoms with Crippen molar-refractivity contribution in [2.24, 2.45) is 0 Å². The molecule has 0 heterocycles. The van der Waals surface area contributed by atoms with Crippen molar-refractivity contribution in [3.8, 4) is 0 Å². The molecule has 2 N–H and O–H groups in total. The summed E-state index contributed by atoms with van der Waals surface area (Å²) in [5.74, 6) is -0.274. The predicted molar refractivity (Wildman–Crippen MR) is 46.5 cm³/mol. The van der Waals surface area contributed by atoms with E-state index >= 15 is 0 Å². The van der Waals surface area contributed by atoms with E-state index in [1.807, 2.05) is 0 Å². The fourth-order valence-corrected chi connectivity index (χ4v) is 0.815. The second-order valence-corrected chi connectivity index (χ2v) is 2.63. The second-order valence-electron chi connectivity index (χ2n) is 2.63. The summed E-state index contributed by atoms with van der Waals surface area (Å²) in [7, 11) is 0. The van der Waals surface area contributed by atoms with Crippen molar-refractivity contribution in [1.82, 2.24) is 5.32 Å². The number of rotatable bonds is 6. The van der Waals surface area contributed by atoms with Crippen LogP contribution in [-0.4, -0.2) is 30.3 Å². The molecule has 0 aliphatic heterocycles. The van der Waals surface area contributed by atoms with Gasteiger partial charge in [-0.3, -0.25) is 4.79 Å². The molecule has 1 amide bonds. The molecule has 0 aliphatic rings. The lowest BCUT2D eigenvalue weighted by atomic mass is 10.2. The molecule has 5 heteroatoms. The number of carbonyl (C=O) groups is 2. The number of nitrogens with one attached hydrogen (secondary N) is 1. The van der Waals surface area contributed by atoms with Crippen LogP contribution < -0.4 is 5.32 Å². The maximum Gasteiger partial charge on any atom is 0.404 e.